The summed E-state index contributed by atoms with van der Waals surface area (Å²) in [6.45, 7) is 6.43. The molecule has 0 radical (unpaired) electrons. The molecule has 0 spiro atoms. The molecule has 0 aromatic heterocycles. The molecule has 1 N–H and O–H groups in total. The highest BCUT2D eigenvalue weighted by Crippen LogP contribution is 2.35. The van der Waals surface area contributed by atoms with Crippen LogP contribution in [0.5, 0.6) is 0 Å². The Bertz CT molecular complexity index is 331. The van der Waals surface area contributed by atoms with Crippen LogP contribution in [0.3, 0.4) is 0 Å². The van der Waals surface area contributed by atoms with Crippen LogP contribution >= 0.6 is 0 Å². The molecule has 1 saturated carbocycles. The van der Waals surface area contributed by atoms with E-state index >= 15 is 0 Å². The van der Waals surface area contributed by atoms with Gasteiger partial charge in [0.15, 0.2) is 0 Å². The van der Waals surface area contributed by atoms with Gasteiger partial charge in [-0.25, -0.2) is 4.79 Å². The van der Waals surface area contributed by atoms with Crippen molar-refractivity contribution in [3.8, 4) is 0 Å². The molecule has 2 atom stereocenters. The summed E-state index contributed by atoms with van der Waals surface area (Å²) in [5.41, 5.74) is -0.472. The fourth-order valence-corrected chi connectivity index (χ4v) is 3.62. The highest BCUT2D eigenvalue weighted by Gasteiger charge is 2.38. The summed E-state index contributed by atoms with van der Waals surface area (Å²) in [5.74, 6) is 1.36. The number of nitrogens with zero attached hydrogens (tertiary/aromatic N) is 1. The predicted molar refractivity (Wildman–Crippen MR) is 78.5 cm³/mol. The molecule has 1 unspecified atom stereocenters. The van der Waals surface area contributed by atoms with E-state index in [1.165, 1.54) is 32.1 Å². The first-order valence-electron chi connectivity index (χ1n) is 7.99. The van der Waals surface area contributed by atoms with Gasteiger partial charge in [-0.2, -0.15) is 0 Å². The van der Waals surface area contributed by atoms with Crippen molar-refractivity contribution in [3.05, 3.63) is 0 Å². The standard InChI is InChI=1S/C16H29NO3/c1-16(2,3)20-15(19)17-10-13(9-14(17)11-18)8-12-6-4-5-7-12/h12-14,18H,4-11H2,1-3H3/t13?,14-/m0/s1. The Morgan fingerprint density at radius 2 is 1.90 bits per heavy atom. The number of hydrogen-bond acceptors (Lipinski definition) is 3. The van der Waals surface area contributed by atoms with Gasteiger partial charge >= 0.3 is 6.09 Å². The number of carbonyl (C=O) groups is 1. The Morgan fingerprint density at radius 3 is 2.45 bits per heavy atom. The molecule has 1 saturated heterocycles. The van der Waals surface area contributed by atoms with Crippen molar-refractivity contribution in [1.29, 1.82) is 0 Å². The third-order valence-electron chi connectivity index (χ3n) is 4.48. The second-order valence-electron chi connectivity index (χ2n) is 7.46. The lowest BCUT2D eigenvalue weighted by molar-refractivity contribution is 0.0171. The molecular formula is C16H29NO3. The van der Waals surface area contributed by atoms with Crippen LogP contribution in [0.15, 0.2) is 0 Å². The number of ether oxygens (including phenoxy) is 1. The average Bonchev–Trinajstić information content (AvgIpc) is 2.96. The van der Waals surface area contributed by atoms with Crippen LogP contribution in [-0.4, -0.2) is 40.9 Å². The molecule has 1 aliphatic heterocycles. The zero-order chi connectivity index (χ0) is 14.8. The van der Waals surface area contributed by atoms with Crippen LogP contribution in [0.25, 0.3) is 0 Å². The molecule has 1 aliphatic carbocycles. The average molecular weight is 283 g/mol. The van der Waals surface area contributed by atoms with Crippen molar-refractivity contribution in [2.45, 2.75) is 70.9 Å². The number of hydrogen-bond donors (Lipinski definition) is 1. The van der Waals surface area contributed by atoms with Crippen molar-refractivity contribution in [2.24, 2.45) is 11.8 Å². The molecule has 0 aromatic carbocycles. The van der Waals surface area contributed by atoms with E-state index in [-0.39, 0.29) is 18.7 Å². The maximum atomic E-state index is 12.2. The first-order valence-corrected chi connectivity index (χ1v) is 7.99. The summed E-state index contributed by atoms with van der Waals surface area (Å²) < 4.78 is 5.45. The van der Waals surface area contributed by atoms with Crippen LogP contribution in [0, 0.1) is 11.8 Å². The molecule has 2 rings (SSSR count). The van der Waals surface area contributed by atoms with Gasteiger partial charge in [0.1, 0.15) is 5.60 Å². The lowest BCUT2D eigenvalue weighted by Crippen LogP contribution is -2.41. The second kappa shape index (κ2) is 6.33. The van der Waals surface area contributed by atoms with Gasteiger partial charge in [0, 0.05) is 6.54 Å². The summed E-state index contributed by atoms with van der Waals surface area (Å²) in [7, 11) is 0. The van der Waals surface area contributed by atoms with Crippen LogP contribution in [0.1, 0.15) is 59.3 Å². The third kappa shape index (κ3) is 4.11. The zero-order valence-corrected chi connectivity index (χ0v) is 13.1. The SMILES string of the molecule is CC(C)(C)OC(=O)N1CC(CC2CCCC2)C[C@H]1CO. The third-order valence-corrected chi connectivity index (χ3v) is 4.48. The maximum Gasteiger partial charge on any atom is 0.410 e. The first-order chi connectivity index (χ1) is 9.39. The maximum absolute atomic E-state index is 12.2. The van der Waals surface area contributed by atoms with Gasteiger partial charge in [-0.15, -0.1) is 0 Å². The highest BCUT2D eigenvalue weighted by atomic mass is 16.6. The van der Waals surface area contributed by atoms with Crippen LogP contribution in [0.4, 0.5) is 4.79 Å². The van der Waals surface area contributed by atoms with Gasteiger partial charge in [0.25, 0.3) is 0 Å². The lowest BCUT2D eigenvalue weighted by atomic mass is 9.91. The van der Waals surface area contributed by atoms with E-state index in [0.717, 1.165) is 18.9 Å². The molecule has 0 aromatic rings. The summed E-state index contributed by atoms with van der Waals surface area (Å²) in [5, 5.41) is 9.51. The van der Waals surface area contributed by atoms with E-state index < -0.39 is 5.60 Å². The monoisotopic (exact) mass is 283 g/mol. The minimum atomic E-state index is -0.472. The summed E-state index contributed by atoms with van der Waals surface area (Å²) >= 11 is 0. The van der Waals surface area contributed by atoms with Gasteiger partial charge in [-0.3, -0.25) is 0 Å². The molecule has 1 heterocycles. The van der Waals surface area contributed by atoms with E-state index in [0.29, 0.717) is 5.92 Å². The molecule has 20 heavy (non-hydrogen) atoms. The van der Waals surface area contributed by atoms with Gasteiger partial charge in [0.05, 0.1) is 12.6 Å². The smallest absolute Gasteiger partial charge is 0.410 e. The molecule has 116 valence electrons. The Kier molecular flexibility index (Phi) is 4.95. The number of carbonyl (C=O) groups excluding carboxylic acids is 1. The van der Waals surface area contributed by atoms with Crippen molar-refractivity contribution in [3.63, 3.8) is 0 Å². The van der Waals surface area contributed by atoms with Crippen molar-refractivity contribution in [2.75, 3.05) is 13.2 Å². The fourth-order valence-electron chi connectivity index (χ4n) is 3.62. The van der Waals surface area contributed by atoms with Crippen LogP contribution in [0.2, 0.25) is 0 Å². The number of amides is 1. The number of likely N-dealkylation sites (tertiary alicyclic amines) is 1. The van der Waals surface area contributed by atoms with E-state index in [4.69, 9.17) is 4.74 Å². The molecular weight excluding hydrogens is 254 g/mol. The zero-order valence-electron chi connectivity index (χ0n) is 13.1. The summed E-state index contributed by atoms with van der Waals surface area (Å²) in [6, 6.07) is -0.0590. The Balaban J connectivity index is 1.90. The number of rotatable bonds is 3. The van der Waals surface area contributed by atoms with Gasteiger partial charge < -0.3 is 14.7 Å². The Hall–Kier alpha value is -0.770. The number of aliphatic hydroxyl groups is 1. The van der Waals surface area contributed by atoms with E-state index in [1.807, 2.05) is 20.8 Å². The van der Waals surface area contributed by atoms with E-state index in [1.54, 1.807) is 4.90 Å². The number of aliphatic hydroxyl groups excluding tert-OH is 1. The summed E-state index contributed by atoms with van der Waals surface area (Å²) in [4.78, 5) is 13.9. The van der Waals surface area contributed by atoms with Crippen molar-refractivity contribution in [1.82, 2.24) is 4.90 Å². The quantitative estimate of drug-likeness (QED) is 0.865. The molecule has 4 nitrogen and oxygen atoms in total. The van der Waals surface area contributed by atoms with Crippen LogP contribution < -0.4 is 0 Å². The highest BCUT2D eigenvalue weighted by molar-refractivity contribution is 5.69. The molecule has 1 amide bonds. The van der Waals surface area contributed by atoms with Gasteiger partial charge in [-0.1, -0.05) is 25.7 Å². The van der Waals surface area contributed by atoms with E-state index in [9.17, 15) is 9.90 Å². The largest absolute Gasteiger partial charge is 0.444 e. The van der Waals surface area contributed by atoms with Crippen LogP contribution in [-0.2, 0) is 4.74 Å². The second-order valence-corrected chi connectivity index (χ2v) is 7.46. The summed E-state index contributed by atoms with van der Waals surface area (Å²) in [6.07, 6.45) is 7.25. The van der Waals surface area contributed by atoms with E-state index in [2.05, 4.69) is 0 Å². The molecule has 2 fully saturated rings. The first kappa shape index (κ1) is 15.6. The van der Waals surface area contributed by atoms with Crippen molar-refractivity contribution < 1.29 is 14.6 Å². The lowest BCUT2D eigenvalue weighted by Gasteiger charge is -2.27. The Labute approximate surface area is 122 Å². The normalized spacial score (nSPS) is 28.1. The molecule has 0 bridgehead atoms. The minimum absolute atomic E-state index is 0.0421. The molecule has 2 aliphatic rings. The van der Waals surface area contributed by atoms with Crippen molar-refractivity contribution >= 4 is 6.09 Å². The topological polar surface area (TPSA) is 49.8 Å². The van der Waals surface area contributed by atoms with Gasteiger partial charge in [0.2, 0.25) is 0 Å². The predicted octanol–water partition coefficient (Wildman–Crippen LogP) is 3.18. The Morgan fingerprint density at radius 1 is 1.25 bits per heavy atom. The fraction of sp³-hybridized carbons (Fsp3) is 0.938. The molecule has 4 heteroatoms. The van der Waals surface area contributed by atoms with Gasteiger partial charge in [-0.05, 0) is 45.4 Å². The minimum Gasteiger partial charge on any atom is -0.444 e.